The number of nitrogens with one attached hydrogen (secondary N) is 1. The molecule has 31 heavy (non-hydrogen) atoms. The molecule has 4 rings (SSSR count). The van der Waals surface area contributed by atoms with Gasteiger partial charge in [0, 0.05) is 27.8 Å². The number of benzene rings is 2. The average molecular weight is 428 g/mol. The molecule has 0 radical (unpaired) electrons. The quantitative estimate of drug-likeness (QED) is 0.362. The van der Waals surface area contributed by atoms with Gasteiger partial charge in [0.25, 0.3) is 5.91 Å². The van der Waals surface area contributed by atoms with Crippen molar-refractivity contribution in [3.05, 3.63) is 88.9 Å². The van der Waals surface area contributed by atoms with Gasteiger partial charge in [-0.2, -0.15) is 0 Å². The van der Waals surface area contributed by atoms with Gasteiger partial charge in [-0.1, -0.05) is 55.8 Å². The molecule has 0 bridgehead atoms. The first-order chi connectivity index (χ1) is 15.0. The highest BCUT2D eigenvalue weighted by Gasteiger charge is 2.19. The highest BCUT2D eigenvalue weighted by Crippen LogP contribution is 2.39. The summed E-state index contributed by atoms with van der Waals surface area (Å²) in [6, 6.07) is 21.5. The van der Waals surface area contributed by atoms with Crippen molar-refractivity contribution in [3.8, 4) is 21.8 Å². The van der Waals surface area contributed by atoms with E-state index in [2.05, 4.69) is 55.3 Å². The molecule has 1 N–H and O–H groups in total. The van der Waals surface area contributed by atoms with Gasteiger partial charge in [-0.15, -0.1) is 11.3 Å². The van der Waals surface area contributed by atoms with Crippen LogP contribution in [-0.2, 0) is 0 Å². The van der Waals surface area contributed by atoms with Crippen molar-refractivity contribution < 1.29 is 4.79 Å². The molecule has 0 spiro atoms. The van der Waals surface area contributed by atoms with Crippen LogP contribution in [0, 0.1) is 6.92 Å². The van der Waals surface area contributed by atoms with Crippen molar-refractivity contribution >= 4 is 23.1 Å². The molecule has 156 valence electrons. The number of rotatable bonds is 6. The molecule has 0 saturated heterocycles. The van der Waals surface area contributed by atoms with E-state index >= 15 is 0 Å². The number of nitrogens with zero attached hydrogens (tertiary/aromatic N) is 2. The molecule has 4 nitrogen and oxygen atoms in total. The minimum atomic E-state index is -0.176. The number of aryl methyl sites for hydroxylation is 1. The third-order valence-corrected chi connectivity index (χ3v) is 6.63. The van der Waals surface area contributed by atoms with Crippen molar-refractivity contribution in [2.75, 3.05) is 5.32 Å². The predicted octanol–water partition coefficient (Wildman–Crippen LogP) is 6.95. The Bertz CT molecular complexity index is 1200. The summed E-state index contributed by atoms with van der Waals surface area (Å²) >= 11 is 1.72. The molecule has 2 aromatic heterocycles. The van der Waals surface area contributed by atoms with Gasteiger partial charge in [0.05, 0.1) is 5.69 Å². The second-order valence-corrected chi connectivity index (χ2v) is 8.69. The monoisotopic (exact) mass is 427 g/mol. The lowest BCUT2D eigenvalue weighted by Gasteiger charge is -2.08. The van der Waals surface area contributed by atoms with E-state index in [0.717, 1.165) is 28.2 Å². The molecule has 4 aromatic rings. The molecule has 0 aliphatic carbocycles. The average Bonchev–Trinajstić information content (AvgIpc) is 3.25. The second-order valence-electron chi connectivity index (χ2n) is 7.66. The number of thiazole rings is 1. The van der Waals surface area contributed by atoms with E-state index in [1.807, 2.05) is 30.3 Å². The highest BCUT2D eigenvalue weighted by atomic mass is 32.1. The van der Waals surface area contributed by atoms with E-state index in [4.69, 9.17) is 4.98 Å². The van der Waals surface area contributed by atoms with Gasteiger partial charge in [0.2, 0.25) is 0 Å². The fourth-order valence-corrected chi connectivity index (χ4v) is 4.60. The van der Waals surface area contributed by atoms with Crippen molar-refractivity contribution in [2.45, 2.75) is 33.1 Å². The van der Waals surface area contributed by atoms with Crippen LogP contribution in [0.15, 0.2) is 72.9 Å². The van der Waals surface area contributed by atoms with E-state index in [1.165, 1.54) is 10.4 Å². The summed E-state index contributed by atoms with van der Waals surface area (Å²) in [5, 5.41) is 3.82. The standard InChI is InChI=1S/C26H25N3OS/c1-4-18(3)24-23(20-12-8-9-17(2)15-20)29-26(31-24)21-13-14-27-22(16-21)28-25(30)19-10-6-5-7-11-19/h5-16,18H,4H2,1-3H3,(H,27,28,30). The second kappa shape index (κ2) is 9.23. The normalized spacial score (nSPS) is 11.8. The molecule has 5 heteroatoms. The van der Waals surface area contributed by atoms with E-state index in [0.29, 0.717) is 17.3 Å². The van der Waals surface area contributed by atoms with E-state index < -0.39 is 0 Å². The molecular formula is C26H25N3OS. The largest absolute Gasteiger partial charge is 0.307 e. The number of anilines is 1. The van der Waals surface area contributed by atoms with E-state index in [-0.39, 0.29) is 5.91 Å². The number of hydrogen-bond acceptors (Lipinski definition) is 4. The summed E-state index contributed by atoms with van der Waals surface area (Å²) in [7, 11) is 0. The highest BCUT2D eigenvalue weighted by molar-refractivity contribution is 7.15. The third kappa shape index (κ3) is 4.72. The summed E-state index contributed by atoms with van der Waals surface area (Å²) in [6.45, 7) is 6.55. The van der Waals surface area contributed by atoms with E-state index in [9.17, 15) is 4.79 Å². The minimum Gasteiger partial charge on any atom is -0.307 e. The molecule has 0 saturated carbocycles. The van der Waals surface area contributed by atoms with Crippen LogP contribution in [-0.4, -0.2) is 15.9 Å². The van der Waals surface area contributed by atoms with Crippen molar-refractivity contribution in [3.63, 3.8) is 0 Å². The van der Waals surface area contributed by atoms with Crippen LogP contribution < -0.4 is 5.32 Å². The first-order valence-electron chi connectivity index (χ1n) is 10.5. The van der Waals surface area contributed by atoms with Gasteiger partial charge < -0.3 is 5.32 Å². The molecule has 1 amide bonds. The first-order valence-corrected chi connectivity index (χ1v) is 11.3. The topological polar surface area (TPSA) is 54.9 Å². The minimum absolute atomic E-state index is 0.176. The van der Waals surface area contributed by atoms with Crippen LogP contribution >= 0.6 is 11.3 Å². The summed E-state index contributed by atoms with van der Waals surface area (Å²) < 4.78 is 0. The molecule has 0 aliphatic rings. The molecule has 2 aromatic carbocycles. The molecule has 1 atom stereocenters. The third-order valence-electron chi connectivity index (χ3n) is 5.29. The van der Waals surface area contributed by atoms with E-state index in [1.54, 1.807) is 29.7 Å². The molecule has 0 aliphatic heterocycles. The number of carbonyl (C=O) groups is 1. The SMILES string of the molecule is CCC(C)c1sc(-c2ccnc(NC(=O)c3ccccc3)c2)nc1-c1cccc(C)c1. The predicted molar refractivity (Wildman–Crippen MR) is 129 cm³/mol. The van der Waals surface area contributed by atoms with Crippen LogP contribution in [0.2, 0.25) is 0 Å². The van der Waals surface area contributed by atoms with Gasteiger partial charge in [-0.25, -0.2) is 9.97 Å². The summed E-state index contributed by atoms with van der Waals surface area (Å²) in [5.41, 5.74) is 4.96. The lowest BCUT2D eigenvalue weighted by atomic mass is 10.0. The lowest BCUT2D eigenvalue weighted by molar-refractivity contribution is 0.102. The van der Waals surface area contributed by atoms with Gasteiger partial charge in [0.1, 0.15) is 10.8 Å². The summed E-state index contributed by atoms with van der Waals surface area (Å²) in [4.78, 5) is 23.1. The fraction of sp³-hybridized carbons (Fsp3) is 0.192. The maximum Gasteiger partial charge on any atom is 0.256 e. The Hall–Kier alpha value is -3.31. The van der Waals surface area contributed by atoms with Crippen molar-refractivity contribution in [2.24, 2.45) is 0 Å². The summed E-state index contributed by atoms with van der Waals surface area (Å²) in [5.74, 6) is 0.759. The van der Waals surface area contributed by atoms with Gasteiger partial charge in [0.15, 0.2) is 0 Å². The Balaban J connectivity index is 1.68. The lowest BCUT2D eigenvalue weighted by Crippen LogP contribution is -2.12. The number of amides is 1. The smallest absolute Gasteiger partial charge is 0.256 e. The Labute approximate surface area is 187 Å². The van der Waals surface area contributed by atoms with Crippen LogP contribution in [0.5, 0.6) is 0 Å². The van der Waals surface area contributed by atoms with Crippen molar-refractivity contribution in [1.29, 1.82) is 0 Å². The Morgan fingerprint density at radius 1 is 1.03 bits per heavy atom. The summed E-state index contributed by atoms with van der Waals surface area (Å²) in [6.07, 6.45) is 2.77. The maximum absolute atomic E-state index is 12.5. The Morgan fingerprint density at radius 3 is 2.58 bits per heavy atom. The van der Waals surface area contributed by atoms with Gasteiger partial charge in [-0.05, 0) is 49.6 Å². The van der Waals surface area contributed by atoms with Gasteiger partial charge in [-0.3, -0.25) is 4.79 Å². The first kappa shape index (κ1) is 20.9. The molecule has 0 fully saturated rings. The number of carbonyl (C=O) groups excluding carboxylic acids is 1. The van der Waals surface area contributed by atoms with Crippen LogP contribution in [0.25, 0.3) is 21.8 Å². The van der Waals surface area contributed by atoms with Crippen LogP contribution in [0.4, 0.5) is 5.82 Å². The Morgan fingerprint density at radius 2 is 1.84 bits per heavy atom. The molecule has 2 heterocycles. The molecular weight excluding hydrogens is 402 g/mol. The number of pyridine rings is 1. The Kier molecular flexibility index (Phi) is 6.23. The zero-order valence-corrected chi connectivity index (χ0v) is 18.7. The number of aromatic nitrogens is 2. The zero-order chi connectivity index (χ0) is 21.8. The maximum atomic E-state index is 12.5. The van der Waals surface area contributed by atoms with Crippen LogP contribution in [0.1, 0.15) is 47.0 Å². The zero-order valence-electron chi connectivity index (χ0n) is 17.9. The fourth-order valence-electron chi connectivity index (χ4n) is 3.38. The number of hydrogen-bond donors (Lipinski definition) is 1. The van der Waals surface area contributed by atoms with Crippen LogP contribution in [0.3, 0.4) is 0 Å². The molecule has 1 unspecified atom stereocenters. The van der Waals surface area contributed by atoms with Crippen molar-refractivity contribution in [1.82, 2.24) is 9.97 Å². The van der Waals surface area contributed by atoms with Gasteiger partial charge >= 0.3 is 0 Å².